The Kier molecular flexibility index (Phi) is 3.86. The molecule has 4 aromatic rings. The lowest BCUT2D eigenvalue weighted by molar-refractivity contribution is 0.796. The molecule has 0 saturated carbocycles. The molecule has 0 aliphatic rings. The Balaban J connectivity index is 1.99. The summed E-state index contributed by atoms with van der Waals surface area (Å²) < 4.78 is 2.38. The molecule has 0 unspecified atom stereocenters. The number of aromatic nitrogens is 1. The molecule has 0 atom stereocenters. The summed E-state index contributed by atoms with van der Waals surface area (Å²) in [5.74, 6) is 0. The zero-order valence-corrected chi connectivity index (χ0v) is 14.4. The highest BCUT2D eigenvalue weighted by atomic mass is 15.0. The molecular weight excluding hydrogens is 290 g/mol. The third-order valence-corrected chi connectivity index (χ3v) is 4.85. The molecule has 0 bridgehead atoms. The highest BCUT2D eigenvalue weighted by Gasteiger charge is 2.12. The van der Waals surface area contributed by atoms with Gasteiger partial charge in [-0.05, 0) is 55.7 Å². The van der Waals surface area contributed by atoms with Crippen LogP contribution in [0.2, 0.25) is 0 Å². The van der Waals surface area contributed by atoms with Crippen molar-refractivity contribution < 1.29 is 0 Å². The Bertz CT molecular complexity index is 990. The SMILES string of the molecule is CCCCc1ccc2c(c1)c1ccccc1n2-c1ccc(C)cc1. The molecule has 0 spiro atoms. The zero-order chi connectivity index (χ0) is 16.5. The Morgan fingerprint density at radius 1 is 0.792 bits per heavy atom. The lowest BCUT2D eigenvalue weighted by Crippen LogP contribution is -1.93. The van der Waals surface area contributed by atoms with Crippen molar-refractivity contribution in [2.24, 2.45) is 0 Å². The highest BCUT2D eigenvalue weighted by molar-refractivity contribution is 6.09. The molecule has 0 saturated heterocycles. The first-order valence-electron chi connectivity index (χ1n) is 8.87. The van der Waals surface area contributed by atoms with Gasteiger partial charge in [-0.3, -0.25) is 0 Å². The maximum atomic E-state index is 2.39. The van der Waals surface area contributed by atoms with Gasteiger partial charge in [-0.15, -0.1) is 0 Å². The Labute approximate surface area is 143 Å². The first kappa shape index (κ1) is 15.0. The van der Waals surface area contributed by atoms with Crippen LogP contribution < -0.4 is 0 Å². The smallest absolute Gasteiger partial charge is 0.0541 e. The first-order valence-corrected chi connectivity index (χ1v) is 8.87. The van der Waals surface area contributed by atoms with E-state index in [0.717, 1.165) is 6.42 Å². The Morgan fingerprint density at radius 2 is 1.54 bits per heavy atom. The van der Waals surface area contributed by atoms with Gasteiger partial charge >= 0.3 is 0 Å². The maximum absolute atomic E-state index is 2.39. The predicted molar refractivity (Wildman–Crippen MR) is 104 cm³/mol. The molecule has 0 radical (unpaired) electrons. The maximum Gasteiger partial charge on any atom is 0.0541 e. The van der Waals surface area contributed by atoms with Crippen molar-refractivity contribution in [3.63, 3.8) is 0 Å². The summed E-state index contributed by atoms with van der Waals surface area (Å²) in [7, 11) is 0. The molecule has 120 valence electrons. The van der Waals surface area contributed by atoms with Crippen LogP contribution in [0.4, 0.5) is 0 Å². The second-order valence-corrected chi connectivity index (χ2v) is 6.64. The van der Waals surface area contributed by atoms with Crippen LogP contribution >= 0.6 is 0 Å². The van der Waals surface area contributed by atoms with Gasteiger partial charge in [-0.2, -0.15) is 0 Å². The van der Waals surface area contributed by atoms with E-state index in [0.29, 0.717) is 0 Å². The zero-order valence-electron chi connectivity index (χ0n) is 14.4. The molecule has 0 aliphatic carbocycles. The number of hydrogen-bond acceptors (Lipinski definition) is 0. The van der Waals surface area contributed by atoms with Crippen LogP contribution in [-0.4, -0.2) is 4.57 Å². The number of aryl methyl sites for hydroxylation is 2. The molecule has 0 N–H and O–H groups in total. The van der Waals surface area contributed by atoms with Gasteiger partial charge in [0.15, 0.2) is 0 Å². The number of rotatable bonds is 4. The topological polar surface area (TPSA) is 4.93 Å². The van der Waals surface area contributed by atoms with E-state index in [4.69, 9.17) is 0 Å². The summed E-state index contributed by atoms with van der Waals surface area (Å²) in [5, 5.41) is 2.70. The van der Waals surface area contributed by atoms with E-state index >= 15 is 0 Å². The standard InChI is InChI=1S/C23H23N/c1-3-4-7-18-12-15-23-21(16-18)20-8-5-6-9-22(20)24(23)19-13-10-17(2)11-14-19/h5-6,8-16H,3-4,7H2,1-2H3. The number of unbranched alkanes of at least 4 members (excludes halogenated alkanes) is 1. The largest absolute Gasteiger partial charge is 0.309 e. The van der Waals surface area contributed by atoms with Crippen molar-refractivity contribution >= 4 is 21.8 Å². The molecule has 1 nitrogen and oxygen atoms in total. The lowest BCUT2D eigenvalue weighted by atomic mass is 10.0. The average molecular weight is 313 g/mol. The van der Waals surface area contributed by atoms with Crippen molar-refractivity contribution in [3.05, 3.63) is 77.9 Å². The normalized spacial score (nSPS) is 11.4. The number of benzene rings is 3. The minimum absolute atomic E-state index is 1.16. The van der Waals surface area contributed by atoms with E-state index < -0.39 is 0 Å². The fourth-order valence-electron chi connectivity index (χ4n) is 3.53. The number of hydrogen-bond donors (Lipinski definition) is 0. The van der Waals surface area contributed by atoms with Crippen molar-refractivity contribution in [1.29, 1.82) is 0 Å². The fraction of sp³-hybridized carbons (Fsp3) is 0.217. The van der Waals surface area contributed by atoms with Gasteiger partial charge in [-0.25, -0.2) is 0 Å². The minimum Gasteiger partial charge on any atom is -0.309 e. The third kappa shape index (κ3) is 2.50. The number of fused-ring (bicyclic) bond motifs is 3. The van der Waals surface area contributed by atoms with Gasteiger partial charge in [0, 0.05) is 16.5 Å². The first-order chi connectivity index (χ1) is 11.8. The predicted octanol–water partition coefficient (Wildman–Crippen LogP) is 6.43. The number of nitrogens with zero attached hydrogens (tertiary/aromatic N) is 1. The quantitative estimate of drug-likeness (QED) is 0.409. The van der Waals surface area contributed by atoms with E-state index in [1.165, 1.54) is 51.5 Å². The monoisotopic (exact) mass is 313 g/mol. The van der Waals surface area contributed by atoms with E-state index in [1.54, 1.807) is 0 Å². The second kappa shape index (κ2) is 6.16. The number of para-hydroxylation sites is 1. The molecule has 1 heterocycles. The summed E-state index contributed by atoms with van der Waals surface area (Å²) in [4.78, 5) is 0. The lowest BCUT2D eigenvalue weighted by Gasteiger charge is -2.08. The van der Waals surface area contributed by atoms with Gasteiger partial charge in [0.2, 0.25) is 0 Å². The van der Waals surface area contributed by atoms with Crippen molar-refractivity contribution in [2.45, 2.75) is 33.1 Å². The van der Waals surface area contributed by atoms with Gasteiger partial charge in [0.1, 0.15) is 0 Å². The molecular formula is C23H23N. The molecule has 1 heteroatoms. The van der Waals surface area contributed by atoms with Gasteiger partial charge < -0.3 is 4.57 Å². The van der Waals surface area contributed by atoms with Crippen LogP contribution in [0.1, 0.15) is 30.9 Å². The van der Waals surface area contributed by atoms with Crippen molar-refractivity contribution in [3.8, 4) is 5.69 Å². The molecule has 0 fully saturated rings. The summed E-state index contributed by atoms with van der Waals surface area (Å²) in [6.07, 6.45) is 3.65. The van der Waals surface area contributed by atoms with Crippen molar-refractivity contribution in [1.82, 2.24) is 4.57 Å². The van der Waals surface area contributed by atoms with Crippen LogP contribution in [0.5, 0.6) is 0 Å². The molecule has 3 aromatic carbocycles. The van der Waals surface area contributed by atoms with Crippen LogP contribution in [-0.2, 0) is 6.42 Å². The van der Waals surface area contributed by atoms with E-state index in [1.807, 2.05) is 0 Å². The van der Waals surface area contributed by atoms with Crippen molar-refractivity contribution in [2.75, 3.05) is 0 Å². The fourth-order valence-corrected chi connectivity index (χ4v) is 3.53. The average Bonchev–Trinajstić information content (AvgIpc) is 2.95. The summed E-state index contributed by atoms with van der Waals surface area (Å²) in [6, 6.07) is 24.5. The molecule has 0 aliphatic heterocycles. The second-order valence-electron chi connectivity index (χ2n) is 6.64. The molecule has 24 heavy (non-hydrogen) atoms. The molecule has 0 amide bonds. The third-order valence-electron chi connectivity index (χ3n) is 4.85. The van der Waals surface area contributed by atoms with Gasteiger partial charge in [0.05, 0.1) is 11.0 Å². The van der Waals surface area contributed by atoms with Gasteiger partial charge in [0.25, 0.3) is 0 Å². The van der Waals surface area contributed by atoms with Crippen LogP contribution in [0.15, 0.2) is 66.7 Å². The molecule has 1 aromatic heterocycles. The van der Waals surface area contributed by atoms with Gasteiger partial charge in [-0.1, -0.05) is 55.3 Å². The Hall–Kier alpha value is -2.54. The summed E-state index contributed by atoms with van der Waals surface area (Å²) >= 11 is 0. The minimum atomic E-state index is 1.16. The van der Waals surface area contributed by atoms with E-state index in [-0.39, 0.29) is 0 Å². The van der Waals surface area contributed by atoms with Crippen LogP contribution in [0.3, 0.4) is 0 Å². The molecule has 4 rings (SSSR count). The Morgan fingerprint density at radius 3 is 2.33 bits per heavy atom. The van der Waals surface area contributed by atoms with Crippen LogP contribution in [0, 0.1) is 6.92 Å². The highest BCUT2D eigenvalue weighted by Crippen LogP contribution is 2.32. The van der Waals surface area contributed by atoms with E-state index in [2.05, 4.69) is 85.1 Å². The van der Waals surface area contributed by atoms with Crippen LogP contribution in [0.25, 0.3) is 27.5 Å². The summed E-state index contributed by atoms with van der Waals surface area (Å²) in [6.45, 7) is 4.39. The van der Waals surface area contributed by atoms with E-state index in [9.17, 15) is 0 Å². The summed E-state index contributed by atoms with van der Waals surface area (Å²) in [5.41, 5.74) is 6.54.